The van der Waals surface area contributed by atoms with Crippen molar-refractivity contribution < 1.29 is 28.5 Å². The molecule has 0 fully saturated rings. The van der Waals surface area contributed by atoms with Gasteiger partial charge in [-0.15, -0.1) is 0 Å². The minimum absolute atomic E-state index is 0. The van der Waals surface area contributed by atoms with Crippen LogP contribution in [0.15, 0.2) is 41.5 Å². The van der Waals surface area contributed by atoms with Crippen LogP contribution < -0.4 is 28.5 Å². The lowest BCUT2D eigenvalue weighted by molar-refractivity contribution is -0.665. The fourth-order valence-electron chi connectivity index (χ4n) is 3.53. The summed E-state index contributed by atoms with van der Waals surface area (Å²) in [6.07, 6.45) is 7.17. The molecule has 0 unspecified atom stereocenters. The van der Waals surface area contributed by atoms with Crippen LogP contribution in [-0.4, -0.2) is 0 Å². The standard InChI is InChI=1S/C19H24NS.HI/c1-5-20-16-8-6-7-9-17(16)21-18(20)11-15-10-14(2)12-19(3,4)13-15;/h6-11H,5,12-13H2,1-4H3;1H/q+1;/p-1/b15-11-;. The quantitative estimate of drug-likeness (QED) is 0.514. The van der Waals surface area contributed by atoms with E-state index >= 15 is 0 Å². The Morgan fingerprint density at radius 1 is 1.23 bits per heavy atom. The predicted molar refractivity (Wildman–Crippen MR) is 92.4 cm³/mol. The van der Waals surface area contributed by atoms with E-state index in [-0.39, 0.29) is 24.0 Å². The molecule has 1 nitrogen and oxygen atoms in total. The number of thiazole rings is 1. The second-order valence-corrected chi connectivity index (χ2v) is 7.94. The maximum Gasteiger partial charge on any atom is 0.263 e. The molecule has 0 radical (unpaired) electrons. The van der Waals surface area contributed by atoms with Crippen LogP contribution in [0, 0.1) is 5.41 Å². The average molecular weight is 425 g/mol. The predicted octanol–water partition coefficient (Wildman–Crippen LogP) is 2.36. The number of aromatic nitrogens is 1. The Hall–Kier alpha value is -0.680. The van der Waals surface area contributed by atoms with Gasteiger partial charge in [0.25, 0.3) is 5.01 Å². The van der Waals surface area contributed by atoms with E-state index < -0.39 is 0 Å². The summed E-state index contributed by atoms with van der Waals surface area (Å²) >= 11 is 1.90. The minimum Gasteiger partial charge on any atom is -1.00 e. The first-order chi connectivity index (χ1) is 9.98. The van der Waals surface area contributed by atoms with Gasteiger partial charge in [0.05, 0.1) is 0 Å². The van der Waals surface area contributed by atoms with E-state index in [1.54, 1.807) is 0 Å². The van der Waals surface area contributed by atoms with E-state index in [4.69, 9.17) is 0 Å². The highest BCUT2D eigenvalue weighted by atomic mass is 127. The van der Waals surface area contributed by atoms with Crippen molar-refractivity contribution in [1.29, 1.82) is 0 Å². The first-order valence-corrected chi connectivity index (χ1v) is 8.59. The lowest BCUT2D eigenvalue weighted by Crippen LogP contribution is -3.00. The first-order valence-electron chi connectivity index (χ1n) is 7.78. The summed E-state index contributed by atoms with van der Waals surface area (Å²) in [6.45, 7) is 10.3. The van der Waals surface area contributed by atoms with Gasteiger partial charge in [-0.1, -0.05) is 49.0 Å². The molecular formula is C19H24INS. The Balaban J connectivity index is 0.00000176. The molecule has 2 aromatic rings. The zero-order chi connectivity index (χ0) is 15.0. The SMILES string of the molecule is CC[n+]1c(/C=C2/C=C(C)CC(C)(C)C2)sc2ccccc21.[I-]. The van der Waals surface area contributed by atoms with Crippen LogP contribution in [0.5, 0.6) is 0 Å². The number of rotatable bonds is 2. The number of para-hydroxylation sites is 1. The zero-order valence-corrected chi connectivity index (χ0v) is 16.8. The third-order valence-electron chi connectivity index (χ3n) is 4.13. The molecule has 0 saturated heterocycles. The Morgan fingerprint density at radius 3 is 2.64 bits per heavy atom. The fraction of sp³-hybridized carbons (Fsp3) is 0.421. The van der Waals surface area contributed by atoms with Crippen molar-refractivity contribution in [2.75, 3.05) is 0 Å². The lowest BCUT2D eigenvalue weighted by atomic mass is 9.75. The highest BCUT2D eigenvalue weighted by molar-refractivity contribution is 7.18. The fourth-order valence-corrected chi connectivity index (χ4v) is 4.73. The maximum absolute atomic E-state index is 2.43. The van der Waals surface area contributed by atoms with Crippen LogP contribution >= 0.6 is 11.3 Å². The molecule has 0 bridgehead atoms. The zero-order valence-electron chi connectivity index (χ0n) is 13.8. The molecular weight excluding hydrogens is 401 g/mol. The molecule has 1 aromatic heterocycles. The van der Waals surface area contributed by atoms with E-state index in [1.165, 1.54) is 39.2 Å². The Morgan fingerprint density at radius 2 is 1.95 bits per heavy atom. The largest absolute Gasteiger partial charge is 1.00 e. The van der Waals surface area contributed by atoms with E-state index in [1.807, 2.05) is 11.3 Å². The van der Waals surface area contributed by atoms with E-state index in [0.717, 1.165) is 6.54 Å². The second-order valence-electron chi connectivity index (χ2n) is 6.88. The number of aryl methyl sites for hydroxylation is 1. The number of hydrogen-bond acceptors (Lipinski definition) is 1. The molecule has 1 aromatic carbocycles. The van der Waals surface area contributed by atoms with Gasteiger partial charge in [0.15, 0.2) is 0 Å². The number of fused-ring (bicyclic) bond motifs is 1. The molecule has 0 amide bonds. The monoisotopic (exact) mass is 425 g/mol. The molecule has 0 saturated carbocycles. The molecule has 118 valence electrons. The van der Waals surface area contributed by atoms with Crippen molar-refractivity contribution in [2.24, 2.45) is 5.41 Å². The lowest BCUT2D eigenvalue weighted by Gasteiger charge is -2.29. The van der Waals surface area contributed by atoms with Crippen molar-refractivity contribution in [3.05, 3.63) is 46.5 Å². The molecule has 1 aliphatic rings. The van der Waals surface area contributed by atoms with Crippen LogP contribution in [-0.2, 0) is 6.54 Å². The summed E-state index contributed by atoms with van der Waals surface area (Å²) in [4.78, 5) is 0. The molecule has 0 atom stereocenters. The van der Waals surface area contributed by atoms with E-state index in [0.29, 0.717) is 5.41 Å². The maximum atomic E-state index is 2.43. The van der Waals surface area contributed by atoms with Crippen LogP contribution in [0.3, 0.4) is 0 Å². The van der Waals surface area contributed by atoms with Crippen molar-refractivity contribution in [1.82, 2.24) is 0 Å². The van der Waals surface area contributed by atoms with Crippen LogP contribution in [0.1, 0.15) is 45.5 Å². The van der Waals surface area contributed by atoms with Gasteiger partial charge in [-0.25, -0.2) is 0 Å². The van der Waals surface area contributed by atoms with Crippen molar-refractivity contribution in [3.8, 4) is 0 Å². The second kappa shape index (κ2) is 6.83. The van der Waals surface area contributed by atoms with Gasteiger partial charge in [-0.05, 0) is 43.7 Å². The van der Waals surface area contributed by atoms with Gasteiger partial charge in [0.1, 0.15) is 11.2 Å². The molecule has 1 heterocycles. The number of benzene rings is 1. The Labute approximate surface area is 154 Å². The number of hydrogen-bond donors (Lipinski definition) is 0. The van der Waals surface area contributed by atoms with Gasteiger partial charge < -0.3 is 24.0 Å². The molecule has 3 heteroatoms. The van der Waals surface area contributed by atoms with Crippen LogP contribution in [0.4, 0.5) is 0 Å². The van der Waals surface area contributed by atoms with Crippen LogP contribution in [0.25, 0.3) is 16.3 Å². The molecule has 22 heavy (non-hydrogen) atoms. The molecule has 0 N–H and O–H groups in total. The minimum atomic E-state index is 0. The average Bonchev–Trinajstić information content (AvgIpc) is 2.73. The molecule has 3 rings (SSSR count). The van der Waals surface area contributed by atoms with Gasteiger partial charge in [-0.2, -0.15) is 4.57 Å². The highest BCUT2D eigenvalue weighted by Gasteiger charge is 2.25. The van der Waals surface area contributed by atoms with Crippen molar-refractivity contribution in [2.45, 2.75) is 47.1 Å². The van der Waals surface area contributed by atoms with Gasteiger partial charge in [-0.3, -0.25) is 0 Å². The normalized spacial score (nSPS) is 19.1. The summed E-state index contributed by atoms with van der Waals surface area (Å²) in [5, 5.41) is 1.37. The first kappa shape index (κ1) is 17.7. The number of nitrogens with zero attached hydrogens (tertiary/aromatic N) is 1. The summed E-state index contributed by atoms with van der Waals surface area (Å²) in [7, 11) is 0. The number of allylic oxidation sites excluding steroid dienone is 3. The third-order valence-corrected chi connectivity index (χ3v) is 5.25. The molecule has 1 aliphatic carbocycles. The van der Waals surface area contributed by atoms with Gasteiger partial charge in [0.2, 0.25) is 5.52 Å². The molecule has 0 aliphatic heterocycles. The summed E-state index contributed by atoms with van der Waals surface area (Å²) < 4.78 is 3.81. The third kappa shape index (κ3) is 3.62. The van der Waals surface area contributed by atoms with E-state index in [9.17, 15) is 0 Å². The van der Waals surface area contributed by atoms with Gasteiger partial charge in [0, 0.05) is 12.1 Å². The van der Waals surface area contributed by atoms with Crippen LogP contribution in [0.2, 0.25) is 0 Å². The summed E-state index contributed by atoms with van der Waals surface area (Å²) in [5.41, 5.74) is 4.71. The molecule has 0 spiro atoms. The highest BCUT2D eigenvalue weighted by Crippen LogP contribution is 2.38. The van der Waals surface area contributed by atoms with Gasteiger partial charge >= 0.3 is 0 Å². The summed E-state index contributed by atoms with van der Waals surface area (Å²) in [5.74, 6) is 0. The van der Waals surface area contributed by atoms with Crippen molar-refractivity contribution in [3.63, 3.8) is 0 Å². The number of halogens is 1. The van der Waals surface area contributed by atoms with E-state index in [2.05, 4.69) is 68.7 Å². The Bertz CT molecular complexity index is 737. The topological polar surface area (TPSA) is 3.88 Å². The smallest absolute Gasteiger partial charge is 0.263 e. The Kier molecular flexibility index (Phi) is 5.49. The van der Waals surface area contributed by atoms with Crippen molar-refractivity contribution >= 4 is 27.6 Å². The summed E-state index contributed by atoms with van der Waals surface area (Å²) in [6, 6.07) is 8.71.